The van der Waals surface area contributed by atoms with Crippen molar-refractivity contribution in [2.75, 3.05) is 19.8 Å². The zero-order chi connectivity index (χ0) is 39.1. The van der Waals surface area contributed by atoms with Crippen molar-refractivity contribution in [1.82, 2.24) is 0 Å². The summed E-state index contributed by atoms with van der Waals surface area (Å²) in [5, 5.41) is 10.5. The standard InChI is InChI=1S/C51H86O4/c1-4-5-6-7-8-9-10-11-12-13-14-15-16-17-18-19-20-21-22-23-24-25-26-27-28-29-30-31-32-33-47(52)42-53-48-38-34-45(35-39-48)51(2,3)46-36-40-49(41-37-46)54-43-50-44-55-50/h34-41,47,50,52H,4-33,42-44H2,1-3H3. The number of epoxide rings is 1. The molecule has 0 spiro atoms. The molecule has 1 heterocycles. The van der Waals surface area contributed by atoms with Gasteiger partial charge in [-0.3, -0.25) is 0 Å². The summed E-state index contributed by atoms with van der Waals surface area (Å²) < 4.78 is 17.0. The number of rotatable bonds is 38. The van der Waals surface area contributed by atoms with Gasteiger partial charge in [-0.1, -0.05) is 231 Å². The number of aliphatic hydroxyl groups excluding tert-OH is 1. The molecule has 4 heteroatoms. The Labute approximate surface area is 340 Å². The van der Waals surface area contributed by atoms with E-state index in [1.165, 1.54) is 191 Å². The fraction of sp³-hybridized carbons (Fsp3) is 0.765. The SMILES string of the molecule is CCCCCCCCCCCCCCCCCCCCCCCCCCCCCCCC(O)COc1ccc(C(C)(C)c2ccc(OCC3CO3)cc2)cc1. The Bertz CT molecular complexity index is 1140. The molecule has 0 bridgehead atoms. The molecule has 1 fully saturated rings. The molecule has 0 amide bonds. The van der Waals surface area contributed by atoms with Crippen molar-refractivity contribution in [3.63, 3.8) is 0 Å². The maximum Gasteiger partial charge on any atom is 0.119 e. The van der Waals surface area contributed by atoms with Crippen LogP contribution in [0.15, 0.2) is 48.5 Å². The van der Waals surface area contributed by atoms with Crippen molar-refractivity contribution in [3.05, 3.63) is 59.7 Å². The zero-order valence-electron chi connectivity index (χ0n) is 36.3. The molecule has 2 aromatic rings. The van der Waals surface area contributed by atoms with Gasteiger partial charge in [0.15, 0.2) is 0 Å². The lowest BCUT2D eigenvalue weighted by Crippen LogP contribution is -2.19. The molecule has 2 aromatic carbocycles. The molecule has 314 valence electrons. The van der Waals surface area contributed by atoms with Crippen molar-refractivity contribution in [3.8, 4) is 11.5 Å². The number of hydrogen-bond acceptors (Lipinski definition) is 4. The third-order valence-corrected chi connectivity index (χ3v) is 12.1. The van der Waals surface area contributed by atoms with E-state index in [2.05, 4.69) is 45.0 Å². The van der Waals surface area contributed by atoms with Crippen LogP contribution in [0.2, 0.25) is 0 Å². The van der Waals surface area contributed by atoms with E-state index in [1.807, 2.05) is 24.3 Å². The minimum Gasteiger partial charge on any atom is -0.491 e. The van der Waals surface area contributed by atoms with Crippen molar-refractivity contribution < 1.29 is 19.3 Å². The second-order valence-corrected chi connectivity index (χ2v) is 17.6. The summed E-state index contributed by atoms with van der Waals surface area (Å²) in [5.74, 6) is 1.70. The highest BCUT2D eigenvalue weighted by Crippen LogP contribution is 2.33. The Morgan fingerprint density at radius 2 is 0.818 bits per heavy atom. The van der Waals surface area contributed by atoms with Gasteiger partial charge in [0.2, 0.25) is 0 Å². The first-order valence-electron chi connectivity index (χ1n) is 23.8. The third kappa shape index (κ3) is 23.7. The van der Waals surface area contributed by atoms with E-state index in [0.29, 0.717) is 13.2 Å². The first-order chi connectivity index (χ1) is 27.0. The molecule has 0 aliphatic carbocycles. The van der Waals surface area contributed by atoms with Gasteiger partial charge in [-0.05, 0) is 41.8 Å². The Morgan fingerprint density at radius 1 is 0.509 bits per heavy atom. The minimum atomic E-state index is -0.405. The third-order valence-electron chi connectivity index (χ3n) is 12.1. The highest BCUT2D eigenvalue weighted by molar-refractivity contribution is 5.41. The van der Waals surface area contributed by atoms with Crippen LogP contribution in [0.4, 0.5) is 0 Å². The summed E-state index contributed by atoms with van der Waals surface area (Å²) in [6.07, 6.45) is 41.8. The number of ether oxygens (including phenoxy) is 3. The molecular formula is C51H86O4. The van der Waals surface area contributed by atoms with E-state index in [9.17, 15) is 5.11 Å². The van der Waals surface area contributed by atoms with Gasteiger partial charge in [0.25, 0.3) is 0 Å². The van der Waals surface area contributed by atoms with Gasteiger partial charge >= 0.3 is 0 Å². The van der Waals surface area contributed by atoms with E-state index in [1.54, 1.807) is 0 Å². The molecule has 1 aliphatic rings. The highest BCUT2D eigenvalue weighted by atomic mass is 16.6. The number of unbranched alkanes of at least 4 members (excludes halogenated alkanes) is 28. The summed E-state index contributed by atoms with van der Waals surface area (Å²) in [4.78, 5) is 0. The van der Waals surface area contributed by atoms with Crippen LogP contribution in [0.1, 0.15) is 225 Å². The van der Waals surface area contributed by atoms with Gasteiger partial charge in [-0.25, -0.2) is 0 Å². The predicted octanol–water partition coefficient (Wildman–Crippen LogP) is 15.3. The van der Waals surface area contributed by atoms with E-state index >= 15 is 0 Å². The summed E-state index contributed by atoms with van der Waals surface area (Å²) in [7, 11) is 0. The van der Waals surface area contributed by atoms with Crippen molar-refractivity contribution in [2.24, 2.45) is 0 Å². The van der Waals surface area contributed by atoms with Crippen LogP contribution in [0.25, 0.3) is 0 Å². The van der Waals surface area contributed by atoms with Gasteiger partial charge in [-0.2, -0.15) is 0 Å². The smallest absolute Gasteiger partial charge is 0.119 e. The number of aliphatic hydroxyl groups is 1. The van der Waals surface area contributed by atoms with E-state index in [-0.39, 0.29) is 11.5 Å². The monoisotopic (exact) mass is 763 g/mol. The van der Waals surface area contributed by atoms with Crippen LogP contribution in [0, 0.1) is 0 Å². The average Bonchev–Trinajstić information content (AvgIpc) is 4.04. The minimum absolute atomic E-state index is 0.138. The maximum absolute atomic E-state index is 10.5. The molecule has 55 heavy (non-hydrogen) atoms. The van der Waals surface area contributed by atoms with Crippen LogP contribution >= 0.6 is 0 Å². The van der Waals surface area contributed by atoms with Crippen molar-refractivity contribution in [2.45, 2.75) is 231 Å². The van der Waals surface area contributed by atoms with Crippen LogP contribution in [0.3, 0.4) is 0 Å². The molecular weight excluding hydrogens is 677 g/mol. The van der Waals surface area contributed by atoms with Gasteiger partial charge in [0.1, 0.15) is 30.8 Å². The van der Waals surface area contributed by atoms with Crippen molar-refractivity contribution >= 4 is 0 Å². The number of hydrogen-bond donors (Lipinski definition) is 1. The van der Waals surface area contributed by atoms with Gasteiger partial charge in [0, 0.05) is 5.41 Å². The maximum atomic E-state index is 10.5. The molecule has 1 aliphatic heterocycles. The number of benzene rings is 2. The predicted molar refractivity (Wildman–Crippen MR) is 236 cm³/mol. The first-order valence-corrected chi connectivity index (χ1v) is 23.8. The Hall–Kier alpha value is -2.04. The van der Waals surface area contributed by atoms with Gasteiger partial charge in [-0.15, -0.1) is 0 Å². The van der Waals surface area contributed by atoms with Crippen LogP contribution < -0.4 is 9.47 Å². The zero-order valence-corrected chi connectivity index (χ0v) is 36.3. The molecule has 0 aromatic heterocycles. The summed E-state index contributed by atoms with van der Waals surface area (Å²) in [6.45, 7) is 8.57. The Kier molecular flexibility index (Phi) is 26.7. The summed E-state index contributed by atoms with van der Waals surface area (Å²) in [6, 6.07) is 16.7. The fourth-order valence-corrected chi connectivity index (χ4v) is 7.96. The second kappa shape index (κ2) is 31.0. The van der Waals surface area contributed by atoms with Crippen molar-refractivity contribution in [1.29, 1.82) is 0 Å². The molecule has 2 atom stereocenters. The molecule has 2 unspecified atom stereocenters. The molecule has 1 N–H and O–H groups in total. The average molecular weight is 763 g/mol. The topological polar surface area (TPSA) is 51.2 Å². The lowest BCUT2D eigenvalue weighted by Gasteiger charge is -2.26. The largest absolute Gasteiger partial charge is 0.491 e. The van der Waals surface area contributed by atoms with Crippen LogP contribution in [0.5, 0.6) is 11.5 Å². The molecule has 3 rings (SSSR count). The molecule has 1 saturated heterocycles. The van der Waals surface area contributed by atoms with Gasteiger partial charge < -0.3 is 19.3 Å². The highest BCUT2D eigenvalue weighted by Gasteiger charge is 2.25. The van der Waals surface area contributed by atoms with Crippen LogP contribution in [-0.2, 0) is 10.2 Å². The first kappa shape index (κ1) is 47.3. The molecule has 0 saturated carbocycles. The fourth-order valence-electron chi connectivity index (χ4n) is 7.96. The molecule has 0 radical (unpaired) electrons. The Balaban J connectivity index is 1.02. The quantitative estimate of drug-likeness (QED) is 0.0547. The summed E-state index contributed by atoms with van der Waals surface area (Å²) >= 11 is 0. The van der Waals surface area contributed by atoms with Crippen LogP contribution in [-0.4, -0.2) is 37.1 Å². The second-order valence-electron chi connectivity index (χ2n) is 17.6. The lowest BCUT2D eigenvalue weighted by atomic mass is 9.78. The summed E-state index contributed by atoms with van der Waals surface area (Å²) in [5.41, 5.74) is 2.33. The lowest BCUT2D eigenvalue weighted by molar-refractivity contribution is 0.0974. The van der Waals surface area contributed by atoms with E-state index in [0.717, 1.165) is 30.9 Å². The Morgan fingerprint density at radius 3 is 1.15 bits per heavy atom. The molecule has 4 nitrogen and oxygen atoms in total. The van der Waals surface area contributed by atoms with Gasteiger partial charge in [0.05, 0.1) is 12.7 Å². The van der Waals surface area contributed by atoms with E-state index in [4.69, 9.17) is 14.2 Å². The normalized spacial score (nSPS) is 14.7. The van der Waals surface area contributed by atoms with E-state index < -0.39 is 6.10 Å².